The molecule has 3 nitrogen and oxygen atoms in total. The van der Waals surface area contributed by atoms with Crippen LogP contribution < -0.4 is 5.32 Å². The van der Waals surface area contributed by atoms with Crippen LogP contribution >= 0.6 is 15.9 Å². The number of esters is 1. The summed E-state index contributed by atoms with van der Waals surface area (Å²) in [6.07, 6.45) is 0. The minimum Gasteiger partial charge on any atom is -0.468 e. The van der Waals surface area contributed by atoms with Gasteiger partial charge in [-0.25, -0.2) is 9.18 Å². The second-order valence-electron chi connectivity index (χ2n) is 4.48. The van der Waals surface area contributed by atoms with Crippen LogP contribution in [0.1, 0.15) is 17.2 Å². The van der Waals surface area contributed by atoms with E-state index in [-0.39, 0.29) is 11.8 Å². The van der Waals surface area contributed by atoms with E-state index in [2.05, 4.69) is 21.2 Å². The van der Waals surface area contributed by atoms with Crippen LogP contribution in [0, 0.1) is 5.82 Å². The zero-order chi connectivity index (χ0) is 15.2. The molecule has 0 heterocycles. The fraction of sp³-hybridized carbons (Fsp3) is 0.188. The number of methoxy groups -OCH3 is 1. The van der Waals surface area contributed by atoms with E-state index < -0.39 is 6.04 Å². The Morgan fingerprint density at radius 3 is 2.62 bits per heavy atom. The lowest BCUT2D eigenvalue weighted by atomic mass is 10.1. The lowest BCUT2D eigenvalue weighted by Gasteiger charge is -2.17. The van der Waals surface area contributed by atoms with Gasteiger partial charge in [0.25, 0.3) is 0 Å². The first-order valence-corrected chi connectivity index (χ1v) is 7.21. The second kappa shape index (κ2) is 7.33. The van der Waals surface area contributed by atoms with Gasteiger partial charge >= 0.3 is 5.97 Å². The van der Waals surface area contributed by atoms with Crippen molar-refractivity contribution in [2.24, 2.45) is 0 Å². The fourth-order valence-electron chi connectivity index (χ4n) is 1.98. The van der Waals surface area contributed by atoms with Gasteiger partial charge < -0.3 is 4.74 Å². The van der Waals surface area contributed by atoms with E-state index >= 15 is 0 Å². The third-order valence-electron chi connectivity index (χ3n) is 3.08. The first kappa shape index (κ1) is 15.7. The highest BCUT2D eigenvalue weighted by Gasteiger charge is 2.20. The van der Waals surface area contributed by atoms with Crippen molar-refractivity contribution in [3.05, 3.63) is 69.9 Å². The molecule has 1 N–H and O–H groups in total. The van der Waals surface area contributed by atoms with Gasteiger partial charge in [0.1, 0.15) is 11.9 Å². The molecule has 2 aromatic carbocycles. The van der Waals surface area contributed by atoms with Gasteiger partial charge in [0.2, 0.25) is 0 Å². The quantitative estimate of drug-likeness (QED) is 0.836. The van der Waals surface area contributed by atoms with Gasteiger partial charge in [-0.3, -0.25) is 5.32 Å². The predicted molar refractivity (Wildman–Crippen MR) is 82.1 cm³/mol. The molecule has 1 atom stereocenters. The SMILES string of the molecule is COC(=O)C(NCc1ccc(F)cc1Br)c1ccccc1. The van der Waals surface area contributed by atoms with Crippen LogP contribution in [0.25, 0.3) is 0 Å². The number of carbonyl (C=O) groups excluding carboxylic acids is 1. The molecule has 21 heavy (non-hydrogen) atoms. The van der Waals surface area contributed by atoms with E-state index in [9.17, 15) is 9.18 Å². The summed E-state index contributed by atoms with van der Waals surface area (Å²) in [5, 5.41) is 3.14. The molecule has 2 rings (SSSR count). The second-order valence-corrected chi connectivity index (χ2v) is 5.34. The van der Waals surface area contributed by atoms with Crippen molar-refractivity contribution < 1.29 is 13.9 Å². The van der Waals surface area contributed by atoms with Gasteiger partial charge in [-0.1, -0.05) is 52.3 Å². The number of rotatable bonds is 5. The summed E-state index contributed by atoms with van der Waals surface area (Å²) in [5.74, 6) is -0.669. The number of ether oxygens (including phenoxy) is 1. The number of halogens is 2. The van der Waals surface area contributed by atoms with Gasteiger partial charge in [0.05, 0.1) is 7.11 Å². The number of benzene rings is 2. The lowest BCUT2D eigenvalue weighted by Crippen LogP contribution is -2.29. The van der Waals surface area contributed by atoms with E-state index in [0.717, 1.165) is 11.1 Å². The van der Waals surface area contributed by atoms with Gasteiger partial charge in [0, 0.05) is 11.0 Å². The molecule has 0 aliphatic rings. The van der Waals surface area contributed by atoms with Gasteiger partial charge in [0.15, 0.2) is 0 Å². The predicted octanol–water partition coefficient (Wildman–Crippen LogP) is 3.59. The van der Waals surface area contributed by atoms with Crippen molar-refractivity contribution in [2.45, 2.75) is 12.6 Å². The van der Waals surface area contributed by atoms with Crippen LogP contribution in [-0.2, 0) is 16.1 Å². The van der Waals surface area contributed by atoms with Crippen LogP contribution in [-0.4, -0.2) is 13.1 Å². The van der Waals surface area contributed by atoms with Crippen molar-refractivity contribution in [1.29, 1.82) is 0 Å². The smallest absolute Gasteiger partial charge is 0.327 e. The summed E-state index contributed by atoms with van der Waals surface area (Å²) in [4.78, 5) is 11.9. The first-order valence-electron chi connectivity index (χ1n) is 6.42. The van der Waals surface area contributed by atoms with Crippen molar-refractivity contribution in [2.75, 3.05) is 7.11 Å². The normalized spacial score (nSPS) is 12.0. The Morgan fingerprint density at radius 1 is 1.29 bits per heavy atom. The molecule has 0 aromatic heterocycles. The van der Waals surface area contributed by atoms with E-state index in [1.807, 2.05) is 30.3 Å². The Labute approximate surface area is 131 Å². The van der Waals surface area contributed by atoms with E-state index in [1.165, 1.54) is 19.2 Å². The zero-order valence-electron chi connectivity index (χ0n) is 11.5. The van der Waals surface area contributed by atoms with Crippen LogP contribution in [0.3, 0.4) is 0 Å². The minimum absolute atomic E-state index is 0.307. The summed E-state index contributed by atoms with van der Waals surface area (Å²) in [6, 6.07) is 13.2. The molecule has 5 heteroatoms. The van der Waals surface area contributed by atoms with E-state index in [1.54, 1.807) is 6.07 Å². The largest absolute Gasteiger partial charge is 0.468 e. The number of nitrogens with one attached hydrogen (secondary N) is 1. The Balaban J connectivity index is 2.15. The molecule has 0 radical (unpaired) electrons. The highest BCUT2D eigenvalue weighted by molar-refractivity contribution is 9.10. The van der Waals surface area contributed by atoms with Crippen molar-refractivity contribution in [1.82, 2.24) is 5.32 Å². The summed E-state index contributed by atoms with van der Waals surface area (Å²) >= 11 is 3.31. The van der Waals surface area contributed by atoms with E-state index in [4.69, 9.17) is 4.74 Å². The molecule has 0 amide bonds. The average Bonchev–Trinajstić information content (AvgIpc) is 2.50. The molecule has 0 saturated heterocycles. The van der Waals surface area contributed by atoms with Crippen molar-refractivity contribution in [3.8, 4) is 0 Å². The molecule has 0 saturated carbocycles. The molecule has 1 unspecified atom stereocenters. The average molecular weight is 352 g/mol. The highest BCUT2D eigenvalue weighted by atomic mass is 79.9. The van der Waals surface area contributed by atoms with Crippen LogP contribution in [0.15, 0.2) is 53.0 Å². The summed E-state index contributed by atoms with van der Waals surface area (Å²) in [6.45, 7) is 0.412. The first-order chi connectivity index (χ1) is 10.1. The summed E-state index contributed by atoms with van der Waals surface area (Å²) < 4.78 is 18.6. The topological polar surface area (TPSA) is 38.3 Å². The number of carbonyl (C=O) groups is 1. The molecule has 2 aromatic rings. The van der Waals surface area contributed by atoms with E-state index in [0.29, 0.717) is 11.0 Å². The van der Waals surface area contributed by atoms with Gasteiger partial charge in [-0.05, 0) is 23.3 Å². The maximum Gasteiger partial charge on any atom is 0.327 e. The third-order valence-corrected chi connectivity index (χ3v) is 3.82. The molecule has 0 bridgehead atoms. The standard InChI is InChI=1S/C16H15BrFNO2/c1-21-16(20)15(11-5-3-2-4-6-11)19-10-12-7-8-13(18)9-14(12)17/h2-9,15,19H,10H2,1H3. The molecule has 0 fully saturated rings. The Kier molecular flexibility index (Phi) is 5.47. The van der Waals surface area contributed by atoms with Gasteiger partial charge in [-0.2, -0.15) is 0 Å². The fourth-order valence-corrected chi connectivity index (χ4v) is 2.47. The van der Waals surface area contributed by atoms with Crippen LogP contribution in [0.4, 0.5) is 4.39 Å². The maximum absolute atomic E-state index is 13.1. The van der Waals surface area contributed by atoms with Crippen molar-refractivity contribution >= 4 is 21.9 Å². The molecule has 0 aliphatic heterocycles. The number of hydrogen-bond acceptors (Lipinski definition) is 3. The Bertz CT molecular complexity index is 619. The number of hydrogen-bond donors (Lipinski definition) is 1. The third kappa shape index (κ3) is 4.12. The maximum atomic E-state index is 13.1. The lowest BCUT2D eigenvalue weighted by molar-refractivity contribution is -0.143. The monoisotopic (exact) mass is 351 g/mol. The molecule has 0 spiro atoms. The van der Waals surface area contributed by atoms with Crippen LogP contribution in [0.2, 0.25) is 0 Å². The Hall–Kier alpha value is -1.72. The van der Waals surface area contributed by atoms with Gasteiger partial charge in [-0.15, -0.1) is 0 Å². The summed E-state index contributed by atoms with van der Waals surface area (Å²) in [5.41, 5.74) is 1.68. The molecular weight excluding hydrogens is 337 g/mol. The summed E-state index contributed by atoms with van der Waals surface area (Å²) in [7, 11) is 1.35. The molecule has 0 aliphatic carbocycles. The minimum atomic E-state index is -0.562. The molecule has 110 valence electrons. The Morgan fingerprint density at radius 2 is 2.00 bits per heavy atom. The highest BCUT2D eigenvalue weighted by Crippen LogP contribution is 2.20. The van der Waals surface area contributed by atoms with Crippen LogP contribution in [0.5, 0.6) is 0 Å². The molecular formula is C16H15BrFNO2. The van der Waals surface area contributed by atoms with Crippen molar-refractivity contribution in [3.63, 3.8) is 0 Å². The zero-order valence-corrected chi connectivity index (χ0v) is 13.1.